The van der Waals surface area contributed by atoms with Crippen molar-refractivity contribution in [2.24, 2.45) is 0 Å². The van der Waals surface area contributed by atoms with Crippen LogP contribution in [0.4, 0.5) is 0 Å². The number of esters is 1. The van der Waals surface area contributed by atoms with E-state index in [1.165, 1.54) is 24.3 Å². The molecule has 2 N–H and O–H groups in total. The predicted octanol–water partition coefficient (Wildman–Crippen LogP) is 1.43. The van der Waals surface area contributed by atoms with E-state index in [9.17, 15) is 15.0 Å². The normalized spacial score (nSPS) is 18.1. The highest BCUT2D eigenvalue weighted by atomic mass is 16.5. The first-order valence-electron chi connectivity index (χ1n) is 4.56. The number of benzene rings is 1. The molecule has 0 spiro atoms. The summed E-state index contributed by atoms with van der Waals surface area (Å²) in [6, 6.07) is 4.15. The van der Waals surface area contributed by atoms with Crippen LogP contribution in [0.1, 0.15) is 12.0 Å². The van der Waals surface area contributed by atoms with E-state index >= 15 is 0 Å². The lowest BCUT2D eigenvalue weighted by atomic mass is 10.1. The topological polar surface area (TPSA) is 66.8 Å². The minimum atomic E-state index is -0.363. The SMILES string of the molecule is O=C1OCCC1=Cc1cc(O)ccc1O. The van der Waals surface area contributed by atoms with Crippen molar-refractivity contribution < 1.29 is 19.7 Å². The molecule has 1 aliphatic heterocycles. The van der Waals surface area contributed by atoms with Crippen molar-refractivity contribution >= 4 is 12.0 Å². The summed E-state index contributed by atoms with van der Waals surface area (Å²) < 4.78 is 4.76. The highest BCUT2D eigenvalue weighted by Crippen LogP contribution is 2.26. The van der Waals surface area contributed by atoms with Gasteiger partial charge in [0.25, 0.3) is 0 Å². The fourth-order valence-corrected chi connectivity index (χ4v) is 1.42. The Morgan fingerprint density at radius 1 is 1.33 bits per heavy atom. The van der Waals surface area contributed by atoms with E-state index in [-0.39, 0.29) is 17.5 Å². The van der Waals surface area contributed by atoms with Crippen molar-refractivity contribution in [2.45, 2.75) is 6.42 Å². The van der Waals surface area contributed by atoms with E-state index in [1.807, 2.05) is 0 Å². The second-order valence-corrected chi connectivity index (χ2v) is 3.30. The van der Waals surface area contributed by atoms with Crippen molar-refractivity contribution in [3.8, 4) is 11.5 Å². The third-order valence-electron chi connectivity index (χ3n) is 2.21. The van der Waals surface area contributed by atoms with Gasteiger partial charge in [-0.1, -0.05) is 0 Å². The Hall–Kier alpha value is -1.97. The van der Waals surface area contributed by atoms with Crippen molar-refractivity contribution in [3.05, 3.63) is 29.3 Å². The highest BCUT2D eigenvalue weighted by molar-refractivity contribution is 5.95. The van der Waals surface area contributed by atoms with Gasteiger partial charge >= 0.3 is 5.97 Å². The summed E-state index contributed by atoms with van der Waals surface area (Å²) in [5, 5.41) is 18.7. The molecule has 1 aromatic carbocycles. The molecule has 0 amide bonds. The number of phenols is 2. The molecular formula is C11H10O4. The summed E-state index contributed by atoms with van der Waals surface area (Å²) in [5.41, 5.74) is 0.930. The van der Waals surface area contributed by atoms with Gasteiger partial charge in [0.05, 0.1) is 6.61 Å². The second kappa shape index (κ2) is 3.65. The number of carbonyl (C=O) groups is 1. The number of cyclic esters (lactones) is 1. The Morgan fingerprint density at radius 2 is 2.13 bits per heavy atom. The Labute approximate surface area is 86.4 Å². The molecule has 2 rings (SSSR count). The van der Waals surface area contributed by atoms with Gasteiger partial charge in [-0.05, 0) is 24.3 Å². The third-order valence-corrected chi connectivity index (χ3v) is 2.21. The molecule has 4 nitrogen and oxygen atoms in total. The van der Waals surface area contributed by atoms with Crippen LogP contribution in [0.2, 0.25) is 0 Å². The van der Waals surface area contributed by atoms with E-state index in [1.54, 1.807) is 0 Å². The lowest BCUT2D eigenvalue weighted by Crippen LogP contribution is -1.94. The van der Waals surface area contributed by atoms with Gasteiger partial charge in [-0.15, -0.1) is 0 Å². The standard InChI is InChI=1S/C11H10O4/c12-9-1-2-10(13)8(6-9)5-7-3-4-15-11(7)14/h1-2,5-6,12-13H,3-4H2. The van der Waals surface area contributed by atoms with Crippen LogP contribution in [0.3, 0.4) is 0 Å². The fourth-order valence-electron chi connectivity index (χ4n) is 1.42. The Kier molecular flexibility index (Phi) is 2.33. The quantitative estimate of drug-likeness (QED) is 0.414. The van der Waals surface area contributed by atoms with Crippen molar-refractivity contribution in [1.29, 1.82) is 0 Å². The molecule has 1 fully saturated rings. The van der Waals surface area contributed by atoms with Crippen LogP contribution in [-0.4, -0.2) is 22.8 Å². The van der Waals surface area contributed by atoms with Gasteiger partial charge in [-0.25, -0.2) is 4.79 Å². The van der Waals surface area contributed by atoms with Gasteiger partial charge in [0.2, 0.25) is 0 Å². The molecule has 1 aliphatic rings. The van der Waals surface area contributed by atoms with Crippen molar-refractivity contribution in [2.75, 3.05) is 6.61 Å². The largest absolute Gasteiger partial charge is 0.508 e. The molecule has 4 heteroatoms. The molecule has 0 unspecified atom stereocenters. The van der Waals surface area contributed by atoms with E-state index in [2.05, 4.69) is 0 Å². The van der Waals surface area contributed by atoms with Crippen LogP contribution < -0.4 is 0 Å². The molecule has 1 saturated heterocycles. The molecule has 78 valence electrons. The van der Waals surface area contributed by atoms with Gasteiger partial charge in [0.1, 0.15) is 11.5 Å². The molecule has 0 aromatic heterocycles. The molecule has 15 heavy (non-hydrogen) atoms. The molecular weight excluding hydrogens is 196 g/mol. The molecule has 0 saturated carbocycles. The average molecular weight is 206 g/mol. The van der Waals surface area contributed by atoms with E-state index in [0.29, 0.717) is 24.2 Å². The van der Waals surface area contributed by atoms with E-state index in [4.69, 9.17) is 4.74 Å². The zero-order valence-corrected chi connectivity index (χ0v) is 7.93. The highest BCUT2D eigenvalue weighted by Gasteiger charge is 2.18. The van der Waals surface area contributed by atoms with Crippen LogP contribution in [-0.2, 0) is 9.53 Å². The van der Waals surface area contributed by atoms with Gasteiger partial charge in [-0.2, -0.15) is 0 Å². The van der Waals surface area contributed by atoms with Gasteiger partial charge in [0, 0.05) is 17.6 Å². The number of phenolic OH excluding ortho intramolecular Hbond substituents is 2. The second-order valence-electron chi connectivity index (χ2n) is 3.30. The number of ether oxygens (including phenoxy) is 1. The molecule has 0 atom stereocenters. The number of hydrogen-bond donors (Lipinski definition) is 2. The monoisotopic (exact) mass is 206 g/mol. The Balaban J connectivity index is 2.38. The smallest absolute Gasteiger partial charge is 0.334 e. The van der Waals surface area contributed by atoms with Crippen LogP contribution >= 0.6 is 0 Å². The van der Waals surface area contributed by atoms with Gasteiger partial charge < -0.3 is 14.9 Å². The number of hydrogen-bond acceptors (Lipinski definition) is 4. The molecule has 1 heterocycles. The maximum Gasteiger partial charge on any atom is 0.334 e. The number of carbonyl (C=O) groups excluding carboxylic acids is 1. The van der Waals surface area contributed by atoms with Crippen molar-refractivity contribution in [3.63, 3.8) is 0 Å². The fraction of sp³-hybridized carbons (Fsp3) is 0.182. The van der Waals surface area contributed by atoms with Crippen molar-refractivity contribution in [1.82, 2.24) is 0 Å². The van der Waals surface area contributed by atoms with E-state index in [0.717, 1.165) is 0 Å². The number of aromatic hydroxyl groups is 2. The van der Waals surface area contributed by atoms with Crippen LogP contribution in [0, 0.1) is 0 Å². The molecule has 0 radical (unpaired) electrons. The maximum absolute atomic E-state index is 11.1. The summed E-state index contributed by atoms with van der Waals surface area (Å²) in [6.07, 6.45) is 2.07. The maximum atomic E-state index is 11.1. The molecule has 1 aromatic rings. The summed E-state index contributed by atoms with van der Waals surface area (Å²) in [5.74, 6) is -0.288. The summed E-state index contributed by atoms with van der Waals surface area (Å²) in [4.78, 5) is 11.1. The Morgan fingerprint density at radius 3 is 2.80 bits per heavy atom. The summed E-state index contributed by atoms with van der Waals surface area (Å²) in [7, 11) is 0. The summed E-state index contributed by atoms with van der Waals surface area (Å²) in [6.45, 7) is 0.379. The minimum absolute atomic E-state index is 0.0278. The lowest BCUT2D eigenvalue weighted by molar-refractivity contribution is -0.134. The number of rotatable bonds is 1. The average Bonchev–Trinajstić information content (AvgIpc) is 2.58. The van der Waals surface area contributed by atoms with E-state index < -0.39 is 0 Å². The molecule has 0 aliphatic carbocycles. The summed E-state index contributed by atoms with van der Waals surface area (Å²) >= 11 is 0. The lowest BCUT2D eigenvalue weighted by Gasteiger charge is -2.00. The minimum Gasteiger partial charge on any atom is -0.508 e. The third kappa shape index (κ3) is 1.93. The Bertz CT molecular complexity index is 434. The first-order valence-corrected chi connectivity index (χ1v) is 4.56. The van der Waals surface area contributed by atoms with Crippen LogP contribution in [0.25, 0.3) is 6.08 Å². The zero-order valence-electron chi connectivity index (χ0n) is 7.93. The first-order chi connectivity index (χ1) is 7.16. The first kappa shape index (κ1) is 9.58. The predicted molar refractivity (Wildman–Crippen MR) is 53.3 cm³/mol. The van der Waals surface area contributed by atoms with Gasteiger partial charge in [-0.3, -0.25) is 0 Å². The zero-order chi connectivity index (χ0) is 10.8. The van der Waals surface area contributed by atoms with Gasteiger partial charge in [0.15, 0.2) is 0 Å². The van der Waals surface area contributed by atoms with Crippen LogP contribution in [0.5, 0.6) is 11.5 Å². The molecule has 0 bridgehead atoms. The van der Waals surface area contributed by atoms with Crippen LogP contribution in [0.15, 0.2) is 23.8 Å².